The van der Waals surface area contributed by atoms with Gasteiger partial charge in [0.05, 0.1) is 11.4 Å². The second-order valence-corrected chi connectivity index (χ2v) is 7.05. The summed E-state index contributed by atoms with van der Waals surface area (Å²) in [5.74, 6) is 0.175. The molecular weight excluding hydrogens is 363 g/mol. The Balaban J connectivity index is 2.13. The van der Waals surface area contributed by atoms with Gasteiger partial charge in [-0.05, 0) is 18.4 Å². The normalized spacial score (nSPS) is 11.6. The fourth-order valence-corrected chi connectivity index (χ4v) is 2.76. The monoisotopic (exact) mass is 383 g/mol. The predicted octanol–water partition coefficient (Wildman–Crippen LogP) is 4.42. The summed E-state index contributed by atoms with van der Waals surface area (Å²) < 4.78 is 39.4. The molecule has 1 aromatic carbocycles. The lowest BCUT2D eigenvalue weighted by Crippen LogP contribution is -2.27. The highest BCUT2D eigenvalue weighted by atomic mass is 32.2. The summed E-state index contributed by atoms with van der Waals surface area (Å²) in [6, 6.07) is 9.49. The van der Waals surface area contributed by atoms with E-state index in [1.165, 1.54) is 0 Å². The van der Waals surface area contributed by atoms with Gasteiger partial charge in [-0.15, -0.1) is 0 Å². The Kier molecular flexibility index (Phi) is 7.02. The molecule has 0 saturated heterocycles. The van der Waals surface area contributed by atoms with E-state index in [1.807, 2.05) is 13.8 Å². The molecule has 0 spiro atoms. The molecular formula is C18H20F3N3OS. The number of aromatic nitrogens is 2. The molecule has 0 fully saturated rings. The maximum absolute atomic E-state index is 13.1. The third-order valence-electron chi connectivity index (χ3n) is 3.44. The summed E-state index contributed by atoms with van der Waals surface area (Å²) in [4.78, 5) is 19.6. The molecule has 8 heteroatoms. The van der Waals surface area contributed by atoms with Gasteiger partial charge in [0.15, 0.2) is 5.16 Å². The Morgan fingerprint density at radius 3 is 2.50 bits per heavy atom. The lowest BCUT2D eigenvalue weighted by Gasteiger charge is -2.11. The number of nitrogens with zero attached hydrogens (tertiary/aromatic N) is 2. The smallest absolute Gasteiger partial charge is 0.355 e. The lowest BCUT2D eigenvalue weighted by molar-refractivity contribution is -0.141. The van der Waals surface area contributed by atoms with E-state index < -0.39 is 11.9 Å². The van der Waals surface area contributed by atoms with Crippen molar-refractivity contribution in [2.24, 2.45) is 5.92 Å². The van der Waals surface area contributed by atoms with E-state index in [2.05, 4.69) is 15.3 Å². The van der Waals surface area contributed by atoms with Gasteiger partial charge in [-0.1, -0.05) is 55.9 Å². The molecule has 1 amide bonds. The van der Waals surface area contributed by atoms with Gasteiger partial charge in [-0.25, -0.2) is 9.97 Å². The zero-order chi connectivity index (χ0) is 19.2. The van der Waals surface area contributed by atoms with Crippen LogP contribution in [0.1, 0.15) is 26.0 Å². The highest BCUT2D eigenvalue weighted by Crippen LogP contribution is 2.31. The molecule has 0 unspecified atom stereocenters. The number of halogens is 3. The number of nitrogens with one attached hydrogen (secondary N) is 1. The van der Waals surface area contributed by atoms with Crippen molar-refractivity contribution in [1.29, 1.82) is 0 Å². The van der Waals surface area contributed by atoms with Crippen molar-refractivity contribution in [2.45, 2.75) is 31.6 Å². The first-order valence-electron chi connectivity index (χ1n) is 8.17. The third kappa shape index (κ3) is 6.33. The van der Waals surface area contributed by atoms with Crippen LogP contribution in [-0.4, -0.2) is 28.2 Å². The van der Waals surface area contributed by atoms with Gasteiger partial charge < -0.3 is 5.32 Å². The van der Waals surface area contributed by atoms with Gasteiger partial charge in [0.2, 0.25) is 5.91 Å². The summed E-state index contributed by atoms with van der Waals surface area (Å²) >= 11 is 0.892. The van der Waals surface area contributed by atoms with Crippen molar-refractivity contribution in [3.8, 4) is 11.3 Å². The van der Waals surface area contributed by atoms with E-state index >= 15 is 0 Å². The molecule has 2 rings (SSSR count). The maximum atomic E-state index is 13.1. The van der Waals surface area contributed by atoms with Crippen LogP contribution >= 0.6 is 11.8 Å². The number of thioether (sulfide) groups is 1. The van der Waals surface area contributed by atoms with Crippen LogP contribution in [0.2, 0.25) is 0 Å². The molecule has 0 bridgehead atoms. The minimum absolute atomic E-state index is 0.0341. The third-order valence-corrected chi connectivity index (χ3v) is 4.29. The number of alkyl halides is 3. The van der Waals surface area contributed by atoms with Crippen molar-refractivity contribution < 1.29 is 18.0 Å². The molecule has 1 heterocycles. The van der Waals surface area contributed by atoms with Crippen molar-refractivity contribution >= 4 is 17.7 Å². The number of rotatable bonds is 7. The van der Waals surface area contributed by atoms with Crippen LogP contribution in [-0.2, 0) is 11.0 Å². The van der Waals surface area contributed by atoms with E-state index in [0.29, 0.717) is 18.0 Å². The van der Waals surface area contributed by atoms with Crippen LogP contribution in [0.15, 0.2) is 41.6 Å². The molecule has 2 aromatic rings. The Hall–Kier alpha value is -2.09. The zero-order valence-electron chi connectivity index (χ0n) is 14.5. The number of hydrogen-bond acceptors (Lipinski definition) is 4. The Morgan fingerprint density at radius 2 is 1.88 bits per heavy atom. The van der Waals surface area contributed by atoms with Crippen LogP contribution in [0.4, 0.5) is 13.2 Å². The first-order valence-corrected chi connectivity index (χ1v) is 9.15. The van der Waals surface area contributed by atoms with Gasteiger partial charge in [0, 0.05) is 12.1 Å². The van der Waals surface area contributed by atoms with E-state index in [9.17, 15) is 18.0 Å². The number of benzene rings is 1. The Bertz CT molecular complexity index is 736. The zero-order valence-corrected chi connectivity index (χ0v) is 15.3. The van der Waals surface area contributed by atoms with E-state index in [-0.39, 0.29) is 22.5 Å². The van der Waals surface area contributed by atoms with Crippen LogP contribution < -0.4 is 5.32 Å². The fraction of sp³-hybridized carbons (Fsp3) is 0.389. The van der Waals surface area contributed by atoms with Crippen LogP contribution in [0.5, 0.6) is 0 Å². The number of hydrogen-bond donors (Lipinski definition) is 1. The van der Waals surface area contributed by atoms with Crippen molar-refractivity contribution in [2.75, 3.05) is 12.3 Å². The highest BCUT2D eigenvalue weighted by molar-refractivity contribution is 7.99. The molecule has 1 aromatic heterocycles. The second kappa shape index (κ2) is 9.02. The largest absolute Gasteiger partial charge is 0.433 e. The van der Waals surface area contributed by atoms with Gasteiger partial charge >= 0.3 is 6.18 Å². The van der Waals surface area contributed by atoms with Crippen molar-refractivity contribution in [3.05, 3.63) is 42.1 Å². The number of carbonyl (C=O) groups excluding carboxylic acids is 1. The minimum atomic E-state index is -4.58. The molecule has 0 aliphatic rings. The number of amides is 1. The summed E-state index contributed by atoms with van der Waals surface area (Å²) in [5.41, 5.74) is -0.284. The standard InChI is InChI=1S/C18H20F3N3OS/c1-12(2)8-9-22-16(25)11-26-17-23-14(13-6-4-3-5-7-13)10-15(24-17)18(19,20)21/h3-7,10,12H,8-9,11H2,1-2H3,(H,22,25). The van der Waals surface area contributed by atoms with Gasteiger partial charge in [0.1, 0.15) is 5.69 Å². The Morgan fingerprint density at radius 1 is 1.19 bits per heavy atom. The van der Waals surface area contributed by atoms with Gasteiger partial charge in [0.25, 0.3) is 0 Å². The fourth-order valence-electron chi connectivity index (χ4n) is 2.07. The van der Waals surface area contributed by atoms with E-state index in [4.69, 9.17) is 0 Å². The summed E-state index contributed by atoms with van der Waals surface area (Å²) in [6.45, 7) is 4.63. The highest BCUT2D eigenvalue weighted by Gasteiger charge is 2.33. The summed E-state index contributed by atoms with van der Waals surface area (Å²) in [6.07, 6.45) is -3.74. The van der Waals surface area contributed by atoms with E-state index in [1.54, 1.807) is 30.3 Å². The van der Waals surface area contributed by atoms with Crippen LogP contribution in [0, 0.1) is 5.92 Å². The topological polar surface area (TPSA) is 54.9 Å². The van der Waals surface area contributed by atoms with Gasteiger partial charge in [-0.3, -0.25) is 4.79 Å². The van der Waals surface area contributed by atoms with Crippen LogP contribution in [0.25, 0.3) is 11.3 Å². The Labute approximate surface area is 154 Å². The summed E-state index contributed by atoms with van der Waals surface area (Å²) in [7, 11) is 0. The average Bonchev–Trinajstić information content (AvgIpc) is 2.59. The molecule has 0 atom stereocenters. The second-order valence-electron chi connectivity index (χ2n) is 6.11. The van der Waals surface area contributed by atoms with Crippen molar-refractivity contribution in [1.82, 2.24) is 15.3 Å². The lowest BCUT2D eigenvalue weighted by atomic mass is 10.1. The first kappa shape index (κ1) is 20.2. The van der Waals surface area contributed by atoms with E-state index in [0.717, 1.165) is 24.2 Å². The molecule has 4 nitrogen and oxygen atoms in total. The molecule has 0 aliphatic heterocycles. The SMILES string of the molecule is CC(C)CCNC(=O)CSc1nc(-c2ccccc2)cc(C(F)(F)F)n1. The predicted molar refractivity (Wildman–Crippen MR) is 95.7 cm³/mol. The van der Waals surface area contributed by atoms with Gasteiger partial charge in [-0.2, -0.15) is 13.2 Å². The molecule has 0 aliphatic carbocycles. The maximum Gasteiger partial charge on any atom is 0.433 e. The summed E-state index contributed by atoms with van der Waals surface area (Å²) in [5, 5.41) is 2.67. The average molecular weight is 383 g/mol. The number of carbonyl (C=O) groups is 1. The molecule has 26 heavy (non-hydrogen) atoms. The molecule has 1 N–H and O–H groups in total. The quantitative estimate of drug-likeness (QED) is 0.568. The van der Waals surface area contributed by atoms with Crippen molar-refractivity contribution in [3.63, 3.8) is 0 Å². The molecule has 0 saturated carbocycles. The van der Waals surface area contributed by atoms with Crippen LogP contribution in [0.3, 0.4) is 0 Å². The molecule has 140 valence electrons. The minimum Gasteiger partial charge on any atom is -0.355 e. The molecule has 0 radical (unpaired) electrons. The first-order chi connectivity index (χ1) is 12.3.